The first-order chi connectivity index (χ1) is 7.95. The van der Waals surface area contributed by atoms with Crippen LogP contribution >= 0.6 is 0 Å². The van der Waals surface area contributed by atoms with Gasteiger partial charge in [-0.1, -0.05) is 6.92 Å². The second-order valence-electron chi connectivity index (χ2n) is 6.01. The molecule has 0 bridgehead atoms. The van der Waals surface area contributed by atoms with Crippen molar-refractivity contribution in [3.8, 4) is 0 Å². The molecule has 1 saturated carbocycles. The second kappa shape index (κ2) is 4.58. The minimum absolute atomic E-state index is 0.310. The molecule has 98 valence electrons. The lowest BCUT2D eigenvalue weighted by molar-refractivity contribution is -0.125. The molecule has 0 aromatic heterocycles. The summed E-state index contributed by atoms with van der Waals surface area (Å²) in [4.78, 5) is 14.0. The Bertz CT molecular complexity index is 303. The number of hydrogen-bond acceptors (Lipinski definition) is 3. The fourth-order valence-corrected chi connectivity index (χ4v) is 2.99. The van der Waals surface area contributed by atoms with Crippen LogP contribution in [0.3, 0.4) is 0 Å². The smallest absolute Gasteiger partial charge is 0.239 e. The normalized spacial score (nSPS) is 34.3. The first kappa shape index (κ1) is 12.8. The van der Waals surface area contributed by atoms with Crippen molar-refractivity contribution in [1.82, 2.24) is 4.90 Å². The van der Waals surface area contributed by atoms with Crippen LogP contribution in [0.15, 0.2) is 0 Å². The summed E-state index contributed by atoms with van der Waals surface area (Å²) >= 11 is 0. The summed E-state index contributed by atoms with van der Waals surface area (Å²) in [6.45, 7) is 6.19. The van der Waals surface area contributed by atoms with E-state index in [-0.39, 0.29) is 5.91 Å². The highest BCUT2D eigenvalue weighted by Gasteiger charge is 2.48. The lowest BCUT2D eigenvalue weighted by atomic mass is 9.87. The Morgan fingerprint density at radius 3 is 2.53 bits per heavy atom. The maximum Gasteiger partial charge on any atom is 0.239 e. The fraction of sp³-hybridized carbons (Fsp3) is 0.923. The number of nitrogens with zero attached hydrogens (tertiary/aromatic N) is 1. The maximum atomic E-state index is 11.6. The lowest BCUT2D eigenvalue weighted by Gasteiger charge is -2.42. The van der Waals surface area contributed by atoms with E-state index in [1.807, 2.05) is 0 Å². The van der Waals surface area contributed by atoms with Crippen molar-refractivity contribution in [3.63, 3.8) is 0 Å². The largest absolute Gasteiger partial charge is 0.368 e. The summed E-state index contributed by atoms with van der Waals surface area (Å²) in [5, 5.41) is 0. The zero-order chi connectivity index (χ0) is 12.6. The van der Waals surface area contributed by atoms with Gasteiger partial charge in [0, 0.05) is 12.6 Å². The topological polar surface area (TPSA) is 72.3 Å². The van der Waals surface area contributed by atoms with Crippen molar-refractivity contribution in [2.45, 2.75) is 51.1 Å². The summed E-state index contributed by atoms with van der Waals surface area (Å²) in [7, 11) is 0. The highest BCUT2D eigenvalue weighted by atomic mass is 16.1. The van der Waals surface area contributed by atoms with Gasteiger partial charge in [0.2, 0.25) is 5.91 Å². The Morgan fingerprint density at radius 1 is 1.35 bits per heavy atom. The van der Waals surface area contributed by atoms with Gasteiger partial charge in [-0.3, -0.25) is 9.69 Å². The van der Waals surface area contributed by atoms with Crippen molar-refractivity contribution < 1.29 is 4.79 Å². The average Bonchev–Trinajstić information content (AvgIpc) is 3.08. The third kappa shape index (κ3) is 2.47. The first-order valence-corrected chi connectivity index (χ1v) is 6.78. The molecule has 0 aromatic rings. The Kier molecular flexibility index (Phi) is 3.46. The molecule has 1 saturated heterocycles. The van der Waals surface area contributed by atoms with Crippen LogP contribution in [0.1, 0.15) is 39.5 Å². The SMILES string of the molecule is CC1CCCN(CC(N)(C(N)=O)C2CC2)C1C. The predicted molar refractivity (Wildman–Crippen MR) is 68.3 cm³/mol. The summed E-state index contributed by atoms with van der Waals surface area (Å²) in [5.74, 6) is 0.662. The molecule has 17 heavy (non-hydrogen) atoms. The molecule has 3 unspecified atom stereocenters. The molecule has 0 aromatic carbocycles. The number of piperidine rings is 1. The van der Waals surface area contributed by atoms with E-state index in [2.05, 4.69) is 18.7 Å². The summed E-state index contributed by atoms with van der Waals surface area (Å²) in [6.07, 6.45) is 4.58. The molecule has 3 atom stereocenters. The van der Waals surface area contributed by atoms with Gasteiger partial charge in [-0.2, -0.15) is 0 Å². The van der Waals surface area contributed by atoms with Crippen LogP contribution in [-0.4, -0.2) is 35.5 Å². The van der Waals surface area contributed by atoms with E-state index in [0.717, 1.165) is 19.4 Å². The van der Waals surface area contributed by atoms with Crippen molar-refractivity contribution in [2.24, 2.45) is 23.3 Å². The third-order valence-corrected chi connectivity index (χ3v) is 4.73. The Balaban J connectivity index is 2.05. The second-order valence-corrected chi connectivity index (χ2v) is 6.01. The number of carbonyl (C=O) groups is 1. The molecule has 4 nitrogen and oxygen atoms in total. The van der Waals surface area contributed by atoms with E-state index in [1.54, 1.807) is 0 Å². The van der Waals surface area contributed by atoms with Gasteiger partial charge < -0.3 is 11.5 Å². The van der Waals surface area contributed by atoms with Crippen molar-refractivity contribution in [2.75, 3.05) is 13.1 Å². The van der Waals surface area contributed by atoms with Crippen LogP contribution in [0.5, 0.6) is 0 Å². The Hall–Kier alpha value is -0.610. The number of nitrogens with two attached hydrogens (primary N) is 2. The molecule has 2 aliphatic rings. The fourth-order valence-electron chi connectivity index (χ4n) is 2.99. The number of carbonyl (C=O) groups excluding carboxylic acids is 1. The molecule has 0 spiro atoms. The van der Waals surface area contributed by atoms with E-state index in [9.17, 15) is 4.79 Å². The average molecular weight is 239 g/mol. The zero-order valence-electron chi connectivity index (χ0n) is 11.0. The molecule has 4 N–H and O–H groups in total. The van der Waals surface area contributed by atoms with Gasteiger partial charge in [0.05, 0.1) is 0 Å². The van der Waals surface area contributed by atoms with Gasteiger partial charge in [-0.05, 0) is 51.0 Å². The molecular formula is C13H25N3O. The van der Waals surface area contributed by atoms with Gasteiger partial charge in [0.1, 0.15) is 5.54 Å². The quantitative estimate of drug-likeness (QED) is 0.758. The van der Waals surface area contributed by atoms with Gasteiger partial charge in [-0.25, -0.2) is 0 Å². The van der Waals surface area contributed by atoms with Gasteiger partial charge >= 0.3 is 0 Å². The molecule has 4 heteroatoms. The molecule has 1 aliphatic heterocycles. The summed E-state index contributed by atoms with van der Waals surface area (Å²) in [6, 6.07) is 0.504. The molecule has 2 rings (SSSR count). The van der Waals surface area contributed by atoms with Crippen LogP contribution < -0.4 is 11.5 Å². The molecular weight excluding hydrogens is 214 g/mol. The number of likely N-dealkylation sites (tertiary alicyclic amines) is 1. The Morgan fingerprint density at radius 2 is 2.00 bits per heavy atom. The lowest BCUT2D eigenvalue weighted by Crippen LogP contribution is -2.62. The molecule has 1 amide bonds. The van der Waals surface area contributed by atoms with Crippen LogP contribution in [0.2, 0.25) is 0 Å². The highest BCUT2D eigenvalue weighted by Crippen LogP contribution is 2.39. The van der Waals surface area contributed by atoms with E-state index >= 15 is 0 Å². The van der Waals surface area contributed by atoms with Crippen molar-refractivity contribution >= 4 is 5.91 Å². The van der Waals surface area contributed by atoms with E-state index in [0.29, 0.717) is 24.4 Å². The first-order valence-electron chi connectivity index (χ1n) is 6.78. The van der Waals surface area contributed by atoms with Gasteiger partial charge in [-0.15, -0.1) is 0 Å². The van der Waals surface area contributed by atoms with Crippen molar-refractivity contribution in [3.05, 3.63) is 0 Å². The van der Waals surface area contributed by atoms with Crippen LogP contribution in [-0.2, 0) is 4.79 Å². The monoisotopic (exact) mass is 239 g/mol. The van der Waals surface area contributed by atoms with Crippen LogP contribution in [0.25, 0.3) is 0 Å². The molecule has 1 aliphatic carbocycles. The minimum Gasteiger partial charge on any atom is -0.368 e. The Labute approximate surface area is 104 Å². The van der Waals surface area contributed by atoms with E-state index in [1.165, 1.54) is 12.8 Å². The molecule has 2 fully saturated rings. The number of primary amides is 1. The van der Waals surface area contributed by atoms with E-state index in [4.69, 9.17) is 11.5 Å². The summed E-state index contributed by atoms with van der Waals surface area (Å²) in [5.41, 5.74) is 11.0. The van der Waals surface area contributed by atoms with Crippen molar-refractivity contribution in [1.29, 1.82) is 0 Å². The minimum atomic E-state index is -0.800. The van der Waals surface area contributed by atoms with Crippen LogP contribution in [0, 0.1) is 11.8 Å². The zero-order valence-corrected chi connectivity index (χ0v) is 11.0. The van der Waals surface area contributed by atoms with Gasteiger partial charge in [0.25, 0.3) is 0 Å². The predicted octanol–water partition coefficient (Wildman–Crippen LogP) is 0.700. The highest BCUT2D eigenvalue weighted by molar-refractivity contribution is 5.85. The number of amides is 1. The standard InChI is InChI=1S/C13H25N3O/c1-9-4-3-7-16(10(9)2)8-13(15,12(14)17)11-5-6-11/h9-11H,3-8,15H2,1-2H3,(H2,14,17). The number of rotatable bonds is 4. The van der Waals surface area contributed by atoms with E-state index < -0.39 is 5.54 Å². The summed E-state index contributed by atoms with van der Waals surface area (Å²) < 4.78 is 0. The molecule has 1 heterocycles. The maximum absolute atomic E-state index is 11.6. The molecule has 0 radical (unpaired) electrons. The van der Waals surface area contributed by atoms with Gasteiger partial charge in [0.15, 0.2) is 0 Å². The third-order valence-electron chi connectivity index (χ3n) is 4.73. The van der Waals surface area contributed by atoms with Crippen LogP contribution in [0.4, 0.5) is 0 Å². The number of hydrogen-bond donors (Lipinski definition) is 2.